The fourth-order valence-corrected chi connectivity index (χ4v) is 4.12. The van der Waals surface area contributed by atoms with Crippen LogP contribution < -0.4 is 0 Å². The van der Waals surface area contributed by atoms with E-state index in [1.165, 1.54) is 0 Å². The average Bonchev–Trinajstić information content (AvgIpc) is 2.45. The van der Waals surface area contributed by atoms with E-state index in [1.807, 2.05) is 20.8 Å². The summed E-state index contributed by atoms with van der Waals surface area (Å²) in [5.74, 6) is -3.36. The topological polar surface area (TPSA) is 74.6 Å². The van der Waals surface area contributed by atoms with Crippen LogP contribution in [0.1, 0.15) is 33.6 Å². The molecule has 2 N–H and O–H groups in total. The molecule has 2 rings (SSSR count). The highest BCUT2D eigenvalue weighted by molar-refractivity contribution is 5.82. The lowest BCUT2D eigenvalue weighted by molar-refractivity contribution is -0.158. The van der Waals surface area contributed by atoms with Crippen molar-refractivity contribution < 1.29 is 19.8 Å². The molecule has 0 aromatic heterocycles. The number of carboxylic acids is 2. The maximum absolute atomic E-state index is 11.3. The highest BCUT2D eigenvalue weighted by Crippen LogP contribution is 2.70. The standard InChI is InChI=1S/C12H18O4/c1-11(2)6-4-5-12(11,3)8(10(15)16)7(6)9(13)14/h6-8H,4-5H2,1-3H3,(H,13,14)(H,15,16). The molecule has 4 heteroatoms. The van der Waals surface area contributed by atoms with Gasteiger partial charge in [-0.3, -0.25) is 9.59 Å². The van der Waals surface area contributed by atoms with Crippen LogP contribution in [0.5, 0.6) is 0 Å². The fraction of sp³-hybridized carbons (Fsp3) is 0.833. The molecule has 2 aliphatic carbocycles. The van der Waals surface area contributed by atoms with Crippen molar-refractivity contribution in [3.63, 3.8) is 0 Å². The van der Waals surface area contributed by atoms with Crippen molar-refractivity contribution in [2.45, 2.75) is 33.6 Å². The van der Waals surface area contributed by atoms with E-state index in [2.05, 4.69) is 0 Å². The van der Waals surface area contributed by atoms with Gasteiger partial charge in [0.15, 0.2) is 0 Å². The molecule has 0 aromatic rings. The third kappa shape index (κ3) is 1.05. The van der Waals surface area contributed by atoms with Crippen molar-refractivity contribution in [2.24, 2.45) is 28.6 Å². The number of aliphatic carboxylic acids is 2. The van der Waals surface area contributed by atoms with E-state index in [4.69, 9.17) is 0 Å². The first-order valence-electron chi connectivity index (χ1n) is 5.69. The molecule has 0 heterocycles. The van der Waals surface area contributed by atoms with Gasteiger partial charge in [-0.25, -0.2) is 0 Å². The molecule has 0 amide bonds. The van der Waals surface area contributed by atoms with Crippen LogP contribution in [0.2, 0.25) is 0 Å². The first-order chi connectivity index (χ1) is 7.23. The summed E-state index contributed by atoms with van der Waals surface area (Å²) in [7, 11) is 0. The summed E-state index contributed by atoms with van der Waals surface area (Å²) >= 11 is 0. The molecule has 0 aliphatic heterocycles. The monoisotopic (exact) mass is 226 g/mol. The Morgan fingerprint density at radius 1 is 1.12 bits per heavy atom. The highest BCUT2D eigenvalue weighted by atomic mass is 16.4. The maximum Gasteiger partial charge on any atom is 0.307 e. The summed E-state index contributed by atoms with van der Waals surface area (Å²) < 4.78 is 0. The molecule has 2 bridgehead atoms. The molecule has 16 heavy (non-hydrogen) atoms. The fourth-order valence-electron chi connectivity index (χ4n) is 4.12. The molecular formula is C12H18O4. The Labute approximate surface area is 94.7 Å². The molecule has 4 nitrogen and oxygen atoms in total. The third-order valence-corrected chi connectivity index (χ3v) is 5.40. The number of hydrogen-bond acceptors (Lipinski definition) is 2. The van der Waals surface area contributed by atoms with Gasteiger partial charge in [0.05, 0.1) is 11.8 Å². The van der Waals surface area contributed by atoms with Crippen LogP contribution in [0.25, 0.3) is 0 Å². The Kier molecular flexibility index (Phi) is 2.14. The Morgan fingerprint density at radius 2 is 1.69 bits per heavy atom. The van der Waals surface area contributed by atoms with Crippen LogP contribution in [-0.2, 0) is 9.59 Å². The second-order valence-electron chi connectivity index (χ2n) is 5.96. The minimum absolute atomic E-state index is 0.00361. The molecule has 0 spiro atoms. The van der Waals surface area contributed by atoms with E-state index in [0.717, 1.165) is 12.8 Å². The van der Waals surface area contributed by atoms with Crippen LogP contribution >= 0.6 is 0 Å². The Hall–Kier alpha value is -1.06. The van der Waals surface area contributed by atoms with Gasteiger partial charge < -0.3 is 10.2 Å². The minimum Gasteiger partial charge on any atom is -0.481 e. The molecule has 2 fully saturated rings. The number of carboxylic acid groups (broad SMARTS) is 2. The smallest absolute Gasteiger partial charge is 0.307 e. The zero-order chi connectivity index (χ0) is 12.3. The van der Waals surface area contributed by atoms with E-state index in [-0.39, 0.29) is 16.7 Å². The van der Waals surface area contributed by atoms with Crippen molar-refractivity contribution in [1.82, 2.24) is 0 Å². The molecule has 90 valence electrons. The SMILES string of the molecule is CC1(C)C2CCC1(C)C(C(=O)O)C2C(=O)O. The molecule has 0 radical (unpaired) electrons. The summed E-state index contributed by atoms with van der Waals surface area (Å²) in [6.07, 6.45) is 1.66. The quantitative estimate of drug-likeness (QED) is 0.753. The normalized spacial score (nSPS) is 44.6. The van der Waals surface area contributed by atoms with E-state index >= 15 is 0 Å². The average molecular weight is 226 g/mol. The van der Waals surface area contributed by atoms with Gasteiger partial charge in [0.1, 0.15) is 0 Å². The van der Waals surface area contributed by atoms with Crippen molar-refractivity contribution in [2.75, 3.05) is 0 Å². The molecule has 2 aliphatic rings. The molecule has 0 aromatic carbocycles. The molecule has 0 saturated heterocycles. The van der Waals surface area contributed by atoms with Gasteiger partial charge in [-0.15, -0.1) is 0 Å². The van der Waals surface area contributed by atoms with Gasteiger partial charge in [-0.05, 0) is 29.6 Å². The molecule has 4 atom stereocenters. The van der Waals surface area contributed by atoms with E-state index < -0.39 is 23.8 Å². The zero-order valence-corrected chi connectivity index (χ0v) is 9.86. The second kappa shape index (κ2) is 2.99. The van der Waals surface area contributed by atoms with Gasteiger partial charge in [-0.1, -0.05) is 20.8 Å². The minimum atomic E-state index is -0.954. The Balaban J connectivity index is 2.52. The zero-order valence-electron chi connectivity index (χ0n) is 9.86. The lowest BCUT2D eigenvalue weighted by Gasteiger charge is -2.37. The van der Waals surface area contributed by atoms with E-state index in [1.54, 1.807) is 0 Å². The van der Waals surface area contributed by atoms with Gasteiger partial charge in [0.25, 0.3) is 0 Å². The van der Waals surface area contributed by atoms with Crippen molar-refractivity contribution in [3.05, 3.63) is 0 Å². The first-order valence-corrected chi connectivity index (χ1v) is 5.69. The largest absolute Gasteiger partial charge is 0.481 e. The summed E-state index contributed by atoms with van der Waals surface area (Å²) in [6.45, 7) is 5.97. The van der Waals surface area contributed by atoms with Crippen LogP contribution in [0.4, 0.5) is 0 Å². The maximum atomic E-state index is 11.3. The summed E-state index contributed by atoms with van der Waals surface area (Å²) in [6, 6.07) is 0. The van der Waals surface area contributed by atoms with Crippen molar-refractivity contribution >= 4 is 11.9 Å². The number of carbonyl (C=O) groups is 2. The summed E-state index contributed by atoms with van der Waals surface area (Å²) in [5, 5.41) is 18.5. The van der Waals surface area contributed by atoms with Crippen LogP contribution in [0.15, 0.2) is 0 Å². The molecular weight excluding hydrogens is 208 g/mol. The predicted molar refractivity (Wildman–Crippen MR) is 56.9 cm³/mol. The Morgan fingerprint density at radius 3 is 2.06 bits per heavy atom. The van der Waals surface area contributed by atoms with Crippen LogP contribution in [0.3, 0.4) is 0 Å². The van der Waals surface area contributed by atoms with Gasteiger partial charge in [-0.2, -0.15) is 0 Å². The van der Waals surface area contributed by atoms with E-state index in [9.17, 15) is 19.8 Å². The number of rotatable bonds is 2. The van der Waals surface area contributed by atoms with Crippen molar-refractivity contribution in [3.8, 4) is 0 Å². The highest BCUT2D eigenvalue weighted by Gasteiger charge is 2.70. The molecule has 4 unspecified atom stereocenters. The number of hydrogen-bond donors (Lipinski definition) is 2. The Bertz CT molecular complexity index is 360. The van der Waals surface area contributed by atoms with E-state index in [0.29, 0.717) is 0 Å². The number of fused-ring (bicyclic) bond motifs is 2. The van der Waals surface area contributed by atoms with Gasteiger partial charge in [0.2, 0.25) is 0 Å². The first kappa shape index (κ1) is 11.4. The lowest BCUT2D eigenvalue weighted by Crippen LogP contribution is -2.40. The van der Waals surface area contributed by atoms with Gasteiger partial charge >= 0.3 is 11.9 Å². The van der Waals surface area contributed by atoms with Crippen LogP contribution in [-0.4, -0.2) is 22.2 Å². The second-order valence-corrected chi connectivity index (χ2v) is 5.96. The van der Waals surface area contributed by atoms with Gasteiger partial charge in [0, 0.05) is 0 Å². The third-order valence-electron chi connectivity index (χ3n) is 5.40. The summed E-state index contributed by atoms with van der Waals surface area (Å²) in [4.78, 5) is 22.6. The summed E-state index contributed by atoms with van der Waals surface area (Å²) in [5.41, 5.74) is -0.578. The lowest BCUT2D eigenvalue weighted by atomic mass is 9.66. The van der Waals surface area contributed by atoms with Crippen LogP contribution in [0, 0.1) is 28.6 Å². The molecule has 2 saturated carbocycles. The predicted octanol–water partition coefficient (Wildman–Crippen LogP) is 1.84. The van der Waals surface area contributed by atoms with Crippen molar-refractivity contribution in [1.29, 1.82) is 0 Å².